The van der Waals surface area contributed by atoms with Gasteiger partial charge in [-0.1, -0.05) is 25.3 Å². The zero-order chi connectivity index (χ0) is 14.5. The molecule has 0 spiro atoms. The summed E-state index contributed by atoms with van der Waals surface area (Å²) in [5.41, 5.74) is -0.512. The third-order valence-corrected chi connectivity index (χ3v) is 3.97. The van der Waals surface area contributed by atoms with Crippen molar-refractivity contribution in [3.63, 3.8) is 0 Å². The van der Waals surface area contributed by atoms with Crippen LogP contribution in [0.5, 0.6) is 0 Å². The first-order valence-electron chi connectivity index (χ1n) is 5.63. The van der Waals surface area contributed by atoms with E-state index >= 15 is 0 Å². The number of sulfonamides is 1. The van der Waals surface area contributed by atoms with Crippen molar-refractivity contribution in [2.75, 3.05) is 0 Å². The Morgan fingerprint density at radius 1 is 1.53 bits per heavy atom. The van der Waals surface area contributed by atoms with Crippen LogP contribution in [-0.4, -0.2) is 14.5 Å². The van der Waals surface area contributed by atoms with Crippen molar-refractivity contribution in [3.8, 4) is 18.4 Å². The molecule has 0 bridgehead atoms. The van der Waals surface area contributed by atoms with Crippen LogP contribution in [0.1, 0.15) is 25.3 Å². The van der Waals surface area contributed by atoms with Crippen molar-refractivity contribution < 1.29 is 12.8 Å². The average Bonchev–Trinajstić information content (AvgIpc) is 2.37. The molecule has 0 heterocycles. The molecule has 0 amide bonds. The fourth-order valence-electron chi connectivity index (χ4n) is 1.55. The van der Waals surface area contributed by atoms with Gasteiger partial charge in [0.25, 0.3) is 0 Å². The number of terminal acetylenes is 1. The highest BCUT2D eigenvalue weighted by atomic mass is 32.2. The van der Waals surface area contributed by atoms with Crippen LogP contribution in [0, 0.1) is 29.5 Å². The molecular formula is C13H13FN2O2S. The van der Waals surface area contributed by atoms with Crippen LogP contribution in [0.25, 0.3) is 0 Å². The molecule has 19 heavy (non-hydrogen) atoms. The number of rotatable bonds is 5. The lowest BCUT2D eigenvalue weighted by Gasteiger charge is -2.13. The van der Waals surface area contributed by atoms with Gasteiger partial charge in [0.1, 0.15) is 22.3 Å². The zero-order valence-corrected chi connectivity index (χ0v) is 11.2. The summed E-state index contributed by atoms with van der Waals surface area (Å²) in [5.74, 6) is 1.44. The van der Waals surface area contributed by atoms with E-state index in [0.29, 0.717) is 12.8 Å². The average molecular weight is 280 g/mol. The highest BCUT2D eigenvalue weighted by Crippen LogP contribution is 2.18. The molecule has 100 valence electrons. The molecule has 1 atom stereocenters. The van der Waals surface area contributed by atoms with Gasteiger partial charge in [-0.15, -0.1) is 6.42 Å². The topological polar surface area (TPSA) is 70.0 Å². The van der Waals surface area contributed by atoms with Crippen LogP contribution >= 0.6 is 0 Å². The summed E-state index contributed by atoms with van der Waals surface area (Å²) in [6, 6.07) is 4.30. The van der Waals surface area contributed by atoms with E-state index in [2.05, 4.69) is 10.6 Å². The minimum atomic E-state index is -4.01. The number of halogens is 1. The minimum Gasteiger partial charge on any atom is -0.207 e. The molecule has 0 aromatic heterocycles. The SMILES string of the molecule is C#CC(CCC)NS(=O)(=O)c1cccc(F)c1C#N. The lowest BCUT2D eigenvalue weighted by Crippen LogP contribution is -2.34. The Morgan fingerprint density at radius 2 is 2.21 bits per heavy atom. The van der Waals surface area contributed by atoms with E-state index in [-0.39, 0.29) is 0 Å². The van der Waals surface area contributed by atoms with Crippen molar-refractivity contribution in [1.82, 2.24) is 4.72 Å². The summed E-state index contributed by atoms with van der Waals surface area (Å²) >= 11 is 0. The van der Waals surface area contributed by atoms with Gasteiger partial charge in [-0.05, 0) is 18.6 Å². The van der Waals surface area contributed by atoms with Gasteiger partial charge < -0.3 is 0 Å². The molecule has 4 nitrogen and oxygen atoms in total. The molecule has 1 N–H and O–H groups in total. The molecule has 1 rings (SSSR count). The standard InChI is InChI=1S/C13H13FN2O2S/c1-3-6-10(4-2)16-19(17,18)13-8-5-7-12(14)11(13)9-15/h2,5,7-8,10,16H,3,6H2,1H3. The maximum absolute atomic E-state index is 13.4. The van der Waals surface area contributed by atoms with Crippen molar-refractivity contribution >= 4 is 10.0 Å². The van der Waals surface area contributed by atoms with Gasteiger partial charge in [0, 0.05) is 0 Å². The fourth-order valence-corrected chi connectivity index (χ4v) is 2.91. The molecule has 0 radical (unpaired) electrons. The van der Waals surface area contributed by atoms with Gasteiger partial charge in [0.05, 0.1) is 6.04 Å². The van der Waals surface area contributed by atoms with Gasteiger partial charge in [-0.3, -0.25) is 0 Å². The number of hydrogen-bond acceptors (Lipinski definition) is 3. The van der Waals surface area contributed by atoms with E-state index in [1.54, 1.807) is 6.07 Å². The quantitative estimate of drug-likeness (QED) is 0.836. The third-order valence-electron chi connectivity index (χ3n) is 2.45. The van der Waals surface area contributed by atoms with Crippen molar-refractivity contribution in [2.45, 2.75) is 30.7 Å². The van der Waals surface area contributed by atoms with E-state index in [0.717, 1.165) is 6.07 Å². The fraction of sp³-hybridized carbons (Fsp3) is 0.308. The third kappa shape index (κ3) is 3.54. The first kappa shape index (κ1) is 15.2. The molecule has 0 saturated carbocycles. The van der Waals surface area contributed by atoms with Crippen LogP contribution in [0.3, 0.4) is 0 Å². The first-order valence-corrected chi connectivity index (χ1v) is 7.11. The molecule has 1 aromatic carbocycles. The lowest BCUT2D eigenvalue weighted by atomic mass is 10.2. The molecule has 0 fully saturated rings. The smallest absolute Gasteiger partial charge is 0.207 e. The van der Waals surface area contributed by atoms with Gasteiger partial charge in [-0.25, -0.2) is 12.8 Å². The maximum Gasteiger partial charge on any atom is 0.243 e. The Hall–Kier alpha value is -1.89. The molecule has 0 saturated heterocycles. The molecule has 0 aliphatic carbocycles. The minimum absolute atomic E-state index is 0.397. The van der Waals surface area contributed by atoms with E-state index in [9.17, 15) is 12.8 Å². The first-order chi connectivity index (χ1) is 8.96. The van der Waals surface area contributed by atoms with Crippen molar-refractivity contribution in [2.24, 2.45) is 0 Å². The van der Waals surface area contributed by atoms with Gasteiger partial charge in [-0.2, -0.15) is 9.98 Å². The number of nitrogens with zero attached hydrogens (tertiary/aromatic N) is 1. The van der Waals surface area contributed by atoms with Crippen LogP contribution in [0.4, 0.5) is 4.39 Å². The predicted molar refractivity (Wildman–Crippen MR) is 69.0 cm³/mol. The summed E-state index contributed by atoms with van der Waals surface area (Å²) in [5, 5.41) is 8.83. The Kier molecular flexibility index (Phi) is 5.05. The van der Waals surface area contributed by atoms with E-state index < -0.39 is 32.3 Å². The predicted octanol–water partition coefficient (Wildman–Crippen LogP) is 1.78. The van der Waals surface area contributed by atoms with Crippen LogP contribution in [0.2, 0.25) is 0 Å². The summed E-state index contributed by atoms with van der Waals surface area (Å²) < 4.78 is 39.8. The molecule has 1 aromatic rings. The monoisotopic (exact) mass is 280 g/mol. The van der Waals surface area contributed by atoms with Crippen molar-refractivity contribution in [3.05, 3.63) is 29.6 Å². The maximum atomic E-state index is 13.4. The largest absolute Gasteiger partial charge is 0.243 e. The Bertz CT molecular complexity index is 642. The lowest BCUT2D eigenvalue weighted by molar-refractivity contribution is 0.561. The molecule has 0 aliphatic heterocycles. The summed E-state index contributed by atoms with van der Waals surface area (Å²) in [4.78, 5) is -0.397. The molecule has 6 heteroatoms. The highest BCUT2D eigenvalue weighted by Gasteiger charge is 2.23. The van der Waals surface area contributed by atoms with Crippen LogP contribution < -0.4 is 4.72 Å². The summed E-state index contributed by atoms with van der Waals surface area (Å²) in [7, 11) is -4.01. The second-order valence-corrected chi connectivity index (χ2v) is 5.54. The Morgan fingerprint density at radius 3 is 2.74 bits per heavy atom. The van der Waals surface area contributed by atoms with Crippen LogP contribution in [-0.2, 0) is 10.0 Å². The Balaban J connectivity index is 3.19. The normalized spacial score (nSPS) is 12.4. The second kappa shape index (κ2) is 6.33. The van der Waals surface area contributed by atoms with Gasteiger partial charge >= 0.3 is 0 Å². The number of nitriles is 1. The number of benzene rings is 1. The van der Waals surface area contributed by atoms with E-state index in [1.807, 2.05) is 6.92 Å². The molecule has 1 unspecified atom stereocenters. The van der Waals surface area contributed by atoms with Crippen molar-refractivity contribution in [1.29, 1.82) is 5.26 Å². The zero-order valence-electron chi connectivity index (χ0n) is 10.4. The number of hydrogen-bond donors (Lipinski definition) is 1. The summed E-state index contributed by atoms with van der Waals surface area (Å²) in [6.07, 6.45) is 6.39. The van der Waals surface area contributed by atoms with Gasteiger partial charge in [0.2, 0.25) is 10.0 Å². The van der Waals surface area contributed by atoms with Crippen LogP contribution in [0.15, 0.2) is 23.1 Å². The summed E-state index contributed by atoms with van der Waals surface area (Å²) in [6.45, 7) is 1.86. The Labute approximate surface area is 112 Å². The van der Waals surface area contributed by atoms with Gasteiger partial charge in [0.15, 0.2) is 0 Å². The van der Waals surface area contributed by atoms with E-state index in [4.69, 9.17) is 11.7 Å². The second-order valence-electron chi connectivity index (χ2n) is 3.85. The van der Waals surface area contributed by atoms with E-state index in [1.165, 1.54) is 12.1 Å². The number of nitrogens with one attached hydrogen (secondary N) is 1. The molecule has 0 aliphatic rings. The highest BCUT2D eigenvalue weighted by molar-refractivity contribution is 7.89. The molecular weight excluding hydrogens is 267 g/mol.